The molecule has 0 radical (unpaired) electrons. The fraction of sp³-hybridized carbons (Fsp3) is 0.269. The normalized spacial score (nSPS) is 16.1. The quantitative estimate of drug-likeness (QED) is 0.428. The van der Waals surface area contributed by atoms with Crippen LogP contribution in [-0.2, 0) is 0 Å². The lowest BCUT2D eigenvalue weighted by molar-refractivity contribution is 0.0734. The highest BCUT2D eigenvalue weighted by Gasteiger charge is 2.29. The van der Waals surface area contributed by atoms with Crippen molar-refractivity contribution in [3.63, 3.8) is 0 Å². The predicted molar refractivity (Wildman–Crippen MR) is 136 cm³/mol. The lowest BCUT2D eigenvalue weighted by atomic mass is 10.0. The minimum Gasteiger partial charge on any atom is -0.506 e. The van der Waals surface area contributed by atoms with Crippen molar-refractivity contribution < 1.29 is 14.6 Å². The largest absolute Gasteiger partial charge is 0.506 e. The molecule has 4 aromatic rings. The molecule has 0 saturated carbocycles. The Morgan fingerprint density at radius 1 is 1.26 bits per heavy atom. The number of benzene rings is 2. The molecule has 180 valence electrons. The molecule has 9 heteroatoms. The number of carbonyl (C=O) groups is 1. The number of nitrogens with zero attached hydrogens (tertiary/aromatic N) is 4. The molecule has 1 aliphatic rings. The van der Waals surface area contributed by atoms with Crippen molar-refractivity contribution in [1.82, 2.24) is 25.0 Å². The lowest BCUT2D eigenvalue weighted by Crippen LogP contribution is -2.38. The Labute approximate surface area is 208 Å². The molecule has 2 aromatic heterocycles. The van der Waals surface area contributed by atoms with Crippen molar-refractivity contribution in [3.05, 3.63) is 59.2 Å². The first-order valence-corrected chi connectivity index (χ1v) is 11.7. The summed E-state index contributed by atoms with van der Waals surface area (Å²) in [6.45, 7) is 1.73. The number of para-hydroxylation sites is 1. The first-order chi connectivity index (χ1) is 16.9. The van der Waals surface area contributed by atoms with Gasteiger partial charge in [0.2, 0.25) is 0 Å². The van der Waals surface area contributed by atoms with Gasteiger partial charge >= 0.3 is 0 Å². The molecule has 2 N–H and O–H groups in total. The zero-order chi connectivity index (χ0) is 24.7. The number of aromatic amines is 1. The van der Waals surface area contributed by atoms with Crippen molar-refractivity contribution in [2.75, 3.05) is 34.3 Å². The Bertz CT molecular complexity index is 1420. The van der Waals surface area contributed by atoms with Gasteiger partial charge in [-0.15, -0.1) is 0 Å². The summed E-state index contributed by atoms with van der Waals surface area (Å²) in [7, 11) is 5.42. The number of ether oxygens (including phenoxy) is 1. The van der Waals surface area contributed by atoms with Crippen LogP contribution in [0.1, 0.15) is 16.8 Å². The first kappa shape index (κ1) is 23.1. The molecule has 0 spiro atoms. The highest BCUT2D eigenvalue weighted by molar-refractivity contribution is 6.33. The van der Waals surface area contributed by atoms with Gasteiger partial charge < -0.3 is 19.6 Å². The van der Waals surface area contributed by atoms with Crippen molar-refractivity contribution in [3.8, 4) is 33.9 Å². The van der Waals surface area contributed by atoms with E-state index in [1.807, 2.05) is 37.4 Å². The number of carbonyl (C=O) groups excluding carboxylic acids is 1. The van der Waals surface area contributed by atoms with Crippen LogP contribution in [0.4, 0.5) is 0 Å². The van der Waals surface area contributed by atoms with E-state index in [1.54, 1.807) is 37.4 Å². The maximum Gasteiger partial charge on any atom is 0.257 e. The van der Waals surface area contributed by atoms with Gasteiger partial charge in [-0.25, -0.2) is 4.98 Å². The molecule has 0 aliphatic carbocycles. The third-order valence-corrected chi connectivity index (χ3v) is 6.93. The first-order valence-electron chi connectivity index (χ1n) is 11.3. The predicted octanol–water partition coefficient (Wildman–Crippen LogP) is 4.44. The molecule has 2 aromatic carbocycles. The molecule has 1 amide bonds. The van der Waals surface area contributed by atoms with Gasteiger partial charge in [0.25, 0.3) is 5.91 Å². The number of phenolic OH excluding ortho intramolecular Hbond substituents is 1. The number of aromatic nitrogens is 3. The Balaban J connectivity index is 1.56. The SMILES string of the molecule is COc1ccccc1-c1n[nH]c2ncc(-c3cc(Cl)c(O)c(C(=O)N(C)C4CCN(C)C4)c3)cc12. The second kappa shape index (κ2) is 9.20. The van der Waals surface area contributed by atoms with Crippen molar-refractivity contribution in [2.45, 2.75) is 12.5 Å². The minimum atomic E-state index is -0.265. The number of likely N-dealkylation sites (N-methyl/N-ethyl adjacent to an activating group) is 2. The molecule has 0 bridgehead atoms. The molecule has 1 fully saturated rings. The average Bonchev–Trinajstić information content (AvgIpc) is 3.50. The van der Waals surface area contributed by atoms with E-state index in [9.17, 15) is 9.90 Å². The maximum absolute atomic E-state index is 13.3. The fourth-order valence-electron chi connectivity index (χ4n) is 4.62. The summed E-state index contributed by atoms with van der Waals surface area (Å²) in [6.07, 6.45) is 2.58. The Hall–Kier alpha value is -3.62. The zero-order valence-electron chi connectivity index (χ0n) is 19.7. The molecule has 35 heavy (non-hydrogen) atoms. The highest BCUT2D eigenvalue weighted by Crippen LogP contribution is 2.37. The number of phenols is 1. The zero-order valence-corrected chi connectivity index (χ0v) is 20.5. The Kier molecular flexibility index (Phi) is 6.08. The number of hydrogen-bond donors (Lipinski definition) is 2. The van der Waals surface area contributed by atoms with Gasteiger partial charge in [-0.3, -0.25) is 9.89 Å². The van der Waals surface area contributed by atoms with Crippen LogP contribution in [0.15, 0.2) is 48.7 Å². The van der Waals surface area contributed by atoms with Gasteiger partial charge in [-0.05, 0) is 55.9 Å². The molecule has 1 aliphatic heterocycles. The number of likely N-dealkylation sites (tertiary alicyclic amines) is 1. The van der Waals surface area contributed by atoms with Gasteiger partial charge in [-0.2, -0.15) is 5.10 Å². The van der Waals surface area contributed by atoms with Crippen LogP contribution in [-0.4, -0.2) is 76.3 Å². The number of methoxy groups -OCH3 is 1. The fourth-order valence-corrected chi connectivity index (χ4v) is 4.84. The van der Waals surface area contributed by atoms with Crippen LogP contribution in [0.3, 0.4) is 0 Å². The van der Waals surface area contributed by atoms with E-state index in [1.165, 1.54) is 0 Å². The van der Waals surface area contributed by atoms with Gasteiger partial charge in [0.1, 0.15) is 17.2 Å². The van der Waals surface area contributed by atoms with E-state index < -0.39 is 0 Å². The number of amides is 1. The number of rotatable bonds is 5. The second-order valence-corrected chi connectivity index (χ2v) is 9.27. The third-order valence-electron chi connectivity index (χ3n) is 6.64. The number of halogens is 1. The van der Waals surface area contributed by atoms with Crippen LogP contribution < -0.4 is 4.74 Å². The smallest absolute Gasteiger partial charge is 0.257 e. The van der Waals surface area contributed by atoms with Crippen molar-refractivity contribution >= 4 is 28.5 Å². The Morgan fingerprint density at radius 2 is 2.06 bits per heavy atom. The lowest BCUT2D eigenvalue weighted by Gasteiger charge is -2.25. The van der Waals surface area contributed by atoms with E-state index in [0.29, 0.717) is 22.7 Å². The minimum absolute atomic E-state index is 0.0849. The number of H-pyrrole nitrogens is 1. The van der Waals surface area contributed by atoms with Gasteiger partial charge in [0.15, 0.2) is 5.65 Å². The van der Waals surface area contributed by atoms with Crippen LogP contribution in [0.2, 0.25) is 5.02 Å². The molecule has 5 rings (SSSR count). The summed E-state index contributed by atoms with van der Waals surface area (Å²) in [5.41, 5.74) is 3.76. The molecular weight excluding hydrogens is 466 g/mol. The molecule has 3 heterocycles. The summed E-state index contributed by atoms with van der Waals surface area (Å²) in [5.74, 6) is 0.219. The average molecular weight is 492 g/mol. The van der Waals surface area contributed by atoms with E-state index in [-0.39, 0.29) is 28.3 Å². The summed E-state index contributed by atoms with van der Waals surface area (Å²) in [6, 6.07) is 13.0. The van der Waals surface area contributed by atoms with Crippen molar-refractivity contribution in [2.24, 2.45) is 0 Å². The second-order valence-electron chi connectivity index (χ2n) is 8.87. The van der Waals surface area contributed by atoms with Crippen LogP contribution in [0.25, 0.3) is 33.4 Å². The molecule has 1 atom stereocenters. The summed E-state index contributed by atoms with van der Waals surface area (Å²) in [4.78, 5) is 21.7. The summed E-state index contributed by atoms with van der Waals surface area (Å²) in [5, 5.41) is 19.0. The third kappa shape index (κ3) is 4.19. The standard InChI is InChI=1S/C26H26ClN5O3/c1-31-9-8-17(14-31)32(2)26(34)20-10-15(12-21(27)24(20)33)16-11-19-23(29-30-25(19)28-13-16)18-6-4-5-7-22(18)35-3/h4-7,10-13,17,33H,8-9,14H2,1-3H3,(H,28,29,30). The van der Waals surface area contributed by atoms with Crippen molar-refractivity contribution in [1.29, 1.82) is 0 Å². The molecule has 1 unspecified atom stereocenters. The highest BCUT2D eigenvalue weighted by atomic mass is 35.5. The summed E-state index contributed by atoms with van der Waals surface area (Å²) < 4.78 is 5.51. The van der Waals surface area contributed by atoms with Gasteiger partial charge in [0, 0.05) is 42.3 Å². The van der Waals surface area contributed by atoms with E-state index in [4.69, 9.17) is 16.3 Å². The molecule has 1 saturated heterocycles. The van der Waals surface area contributed by atoms with E-state index >= 15 is 0 Å². The summed E-state index contributed by atoms with van der Waals surface area (Å²) >= 11 is 6.38. The molecular formula is C26H26ClN5O3. The van der Waals surface area contributed by atoms with Crippen LogP contribution in [0.5, 0.6) is 11.5 Å². The number of hydrogen-bond acceptors (Lipinski definition) is 6. The number of aromatic hydroxyl groups is 1. The van der Waals surface area contributed by atoms with Gasteiger partial charge in [-0.1, -0.05) is 23.7 Å². The monoisotopic (exact) mass is 491 g/mol. The number of nitrogens with one attached hydrogen (secondary N) is 1. The Morgan fingerprint density at radius 3 is 2.80 bits per heavy atom. The van der Waals surface area contributed by atoms with Crippen LogP contribution in [0, 0.1) is 0 Å². The van der Waals surface area contributed by atoms with Gasteiger partial charge in [0.05, 0.1) is 17.7 Å². The molecule has 8 nitrogen and oxygen atoms in total. The van der Waals surface area contributed by atoms with Crippen LogP contribution >= 0.6 is 11.6 Å². The number of fused-ring (bicyclic) bond motifs is 1. The van der Waals surface area contributed by atoms with E-state index in [0.717, 1.165) is 36.0 Å². The van der Waals surface area contributed by atoms with E-state index in [2.05, 4.69) is 20.1 Å². The maximum atomic E-state index is 13.3. The topological polar surface area (TPSA) is 94.6 Å². The number of pyridine rings is 1.